The Morgan fingerprint density at radius 3 is 2.59 bits per heavy atom. The summed E-state index contributed by atoms with van der Waals surface area (Å²) in [5, 5.41) is 6.59. The standard InChI is InChI=1S/C19H25N5O3/c1-14-21-17(20-7-8-24-9-11-27-12-10-24)13-18(22-14)23-16-5-3-15(4-6-16)19(25)26-2/h3-6,13H,7-12H2,1-2H3,(H2,20,21,22,23). The summed E-state index contributed by atoms with van der Waals surface area (Å²) < 4.78 is 10.1. The highest BCUT2D eigenvalue weighted by Crippen LogP contribution is 2.18. The fraction of sp³-hybridized carbons (Fsp3) is 0.421. The number of benzene rings is 1. The van der Waals surface area contributed by atoms with Crippen LogP contribution in [0, 0.1) is 6.92 Å². The molecule has 0 spiro atoms. The van der Waals surface area contributed by atoms with Gasteiger partial charge in [0.1, 0.15) is 17.5 Å². The maximum atomic E-state index is 11.5. The first-order valence-corrected chi connectivity index (χ1v) is 8.99. The first-order valence-electron chi connectivity index (χ1n) is 8.99. The molecule has 0 aliphatic carbocycles. The number of ether oxygens (including phenoxy) is 2. The fourth-order valence-electron chi connectivity index (χ4n) is 2.84. The third-order valence-corrected chi connectivity index (χ3v) is 4.25. The van der Waals surface area contributed by atoms with E-state index in [0.29, 0.717) is 17.2 Å². The molecule has 1 aromatic heterocycles. The highest BCUT2D eigenvalue weighted by Gasteiger charge is 2.10. The number of nitrogens with zero attached hydrogens (tertiary/aromatic N) is 3. The molecular weight excluding hydrogens is 346 g/mol. The minimum absolute atomic E-state index is 0.355. The van der Waals surface area contributed by atoms with Crippen LogP contribution in [0.5, 0.6) is 0 Å². The summed E-state index contributed by atoms with van der Waals surface area (Å²) in [5.74, 6) is 1.80. The first kappa shape index (κ1) is 19.1. The fourth-order valence-corrected chi connectivity index (χ4v) is 2.84. The lowest BCUT2D eigenvalue weighted by atomic mass is 10.2. The Labute approximate surface area is 158 Å². The van der Waals surface area contributed by atoms with Gasteiger partial charge in [0.15, 0.2) is 0 Å². The molecule has 0 unspecified atom stereocenters. The highest BCUT2D eigenvalue weighted by molar-refractivity contribution is 5.89. The molecule has 27 heavy (non-hydrogen) atoms. The number of methoxy groups -OCH3 is 1. The Hall–Kier alpha value is -2.71. The van der Waals surface area contributed by atoms with Crippen molar-refractivity contribution >= 4 is 23.3 Å². The zero-order valence-electron chi connectivity index (χ0n) is 15.7. The lowest BCUT2D eigenvalue weighted by Crippen LogP contribution is -2.39. The maximum absolute atomic E-state index is 11.5. The van der Waals surface area contributed by atoms with Gasteiger partial charge in [0.05, 0.1) is 25.9 Å². The number of carbonyl (C=O) groups excluding carboxylic acids is 1. The number of rotatable bonds is 7. The molecule has 1 saturated heterocycles. The molecule has 2 aromatic rings. The zero-order valence-corrected chi connectivity index (χ0v) is 15.7. The number of hydrogen-bond donors (Lipinski definition) is 2. The topological polar surface area (TPSA) is 88.6 Å². The predicted molar refractivity (Wildman–Crippen MR) is 104 cm³/mol. The van der Waals surface area contributed by atoms with Crippen LogP contribution in [0.15, 0.2) is 30.3 Å². The van der Waals surface area contributed by atoms with Crippen LogP contribution >= 0.6 is 0 Å². The predicted octanol–water partition coefficient (Wildman–Crippen LogP) is 2.06. The van der Waals surface area contributed by atoms with Crippen molar-refractivity contribution in [1.82, 2.24) is 14.9 Å². The second-order valence-electron chi connectivity index (χ2n) is 6.26. The molecule has 2 N–H and O–H groups in total. The monoisotopic (exact) mass is 371 g/mol. The number of aromatic nitrogens is 2. The molecule has 8 nitrogen and oxygen atoms in total. The van der Waals surface area contributed by atoms with Crippen molar-refractivity contribution in [3.05, 3.63) is 41.7 Å². The Morgan fingerprint density at radius 1 is 1.19 bits per heavy atom. The van der Waals surface area contributed by atoms with Crippen LogP contribution in [0.3, 0.4) is 0 Å². The molecule has 0 radical (unpaired) electrons. The minimum atomic E-state index is -0.355. The van der Waals surface area contributed by atoms with Gasteiger partial charge in [0.2, 0.25) is 0 Å². The smallest absolute Gasteiger partial charge is 0.337 e. The van der Waals surface area contributed by atoms with Crippen LogP contribution in [0.2, 0.25) is 0 Å². The SMILES string of the molecule is COC(=O)c1ccc(Nc2cc(NCCN3CCOCC3)nc(C)n2)cc1. The van der Waals surface area contributed by atoms with Gasteiger partial charge < -0.3 is 20.1 Å². The number of morpholine rings is 1. The van der Waals surface area contributed by atoms with E-state index < -0.39 is 0 Å². The molecule has 3 rings (SSSR count). The molecule has 1 fully saturated rings. The van der Waals surface area contributed by atoms with Crippen molar-refractivity contribution < 1.29 is 14.3 Å². The second kappa shape index (κ2) is 9.29. The molecule has 0 saturated carbocycles. The summed E-state index contributed by atoms with van der Waals surface area (Å²) in [6, 6.07) is 8.93. The third-order valence-electron chi connectivity index (χ3n) is 4.25. The summed E-state index contributed by atoms with van der Waals surface area (Å²) >= 11 is 0. The summed E-state index contributed by atoms with van der Waals surface area (Å²) in [6.07, 6.45) is 0. The van der Waals surface area contributed by atoms with Gasteiger partial charge in [-0.1, -0.05) is 0 Å². The number of hydrogen-bond acceptors (Lipinski definition) is 8. The lowest BCUT2D eigenvalue weighted by Gasteiger charge is -2.26. The van der Waals surface area contributed by atoms with Gasteiger partial charge in [-0.15, -0.1) is 0 Å². The molecule has 1 aromatic carbocycles. The Balaban J connectivity index is 1.58. The Morgan fingerprint density at radius 2 is 1.89 bits per heavy atom. The van der Waals surface area contributed by atoms with E-state index >= 15 is 0 Å². The maximum Gasteiger partial charge on any atom is 0.337 e. The molecule has 0 bridgehead atoms. The van der Waals surface area contributed by atoms with Gasteiger partial charge in [-0.05, 0) is 31.2 Å². The van der Waals surface area contributed by atoms with Gasteiger partial charge in [-0.25, -0.2) is 14.8 Å². The normalized spacial score (nSPS) is 14.6. The summed E-state index contributed by atoms with van der Waals surface area (Å²) in [5.41, 5.74) is 1.34. The van der Waals surface area contributed by atoms with Gasteiger partial charge in [-0.2, -0.15) is 0 Å². The van der Waals surface area contributed by atoms with Crippen LogP contribution in [-0.2, 0) is 9.47 Å². The van der Waals surface area contributed by atoms with Gasteiger partial charge in [0, 0.05) is 37.9 Å². The summed E-state index contributed by atoms with van der Waals surface area (Å²) in [4.78, 5) is 22.7. The number of nitrogens with one attached hydrogen (secondary N) is 2. The van der Waals surface area contributed by atoms with E-state index in [2.05, 4.69) is 25.5 Å². The third kappa shape index (κ3) is 5.63. The van der Waals surface area contributed by atoms with E-state index in [1.165, 1.54) is 7.11 Å². The molecule has 8 heteroatoms. The van der Waals surface area contributed by atoms with Crippen molar-refractivity contribution in [2.45, 2.75) is 6.92 Å². The van der Waals surface area contributed by atoms with Crippen LogP contribution in [0.25, 0.3) is 0 Å². The summed E-state index contributed by atoms with van der Waals surface area (Å²) in [7, 11) is 1.37. The number of aryl methyl sites for hydroxylation is 1. The number of esters is 1. The molecule has 1 aliphatic rings. The van der Waals surface area contributed by atoms with Crippen LogP contribution in [0.4, 0.5) is 17.3 Å². The zero-order chi connectivity index (χ0) is 19.1. The van der Waals surface area contributed by atoms with Crippen molar-refractivity contribution in [2.24, 2.45) is 0 Å². The van der Waals surface area contributed by atoms with E-state index in [9.17, 15) is 4.79 Å². The van der Waals surface area contributed by atoms with Gasteiger partial charge >= 0.3 is 5.97 Å². The van der Waals surface area contributed by atoms with E-state index in [-0.39, 0.29) is 5.97 Å². The van der Waals surface area contributed by atoms with Gasteiger partial charge in [-0.3, -0.25) is 4.90 Å². The summed E-state index contributed by atoms with van der Waals surface area (Å²) in [6.45, 7) is 7.16. The Kier molecular flexibility index (Phi) is 6.56. The van der Waals surface area contributed by atoms with E-state index in [1.807, 2.05) is 25.1 Å². The van der Waals surface area contributed by atoms with Crippen molar-refractivity contribution in [1.29, 1.82) is 0 Å². The quantitative estimate of drug-likeness (QED) is 0.715. The molecule has 0 atom stereocenters. The largest absolute Gasteiger partial charge is 0.465 e. The molecule has 144 valence electrons. The van der Waals surface area contributed by atoms with Gasteiger partial charge in [0.25, 0.3) is 0 Å². The molecule has 0 amide bonds. The molecule has 2 heterocycles. The van der Waals surface area contributed by atoms with Crippen LogP contribution in [0.1, 0.15) is 16.2 Å². The first-order chi connectivity index (χ1) is 13.1. The highest BCUT2D eigenvalue weighted by atomic mass is 16.5. The van der Waals surface area contributed by atoms with Crippen LogP contribution in [-0.4, -0.2) is 67.3 Å². The molecular formula is C19H25N5O3. The lowest BCUT2D eigenvalue weighted by molar-refractivity contribution is 0.0398. The Bertz CT molecular complexity index is 760. The van der Waals surface area contributed by atoms with E-state index in [1.54, 1.807) is 12.1 Å². The van der Waals surface area contributed by atoms with Crippen molar-refractivity contribution in [3.8, 4) is 0 Å². The average Bonchev–Trinajstić information content (AvgIpc) is 2.68. The molecule has 1 aliphatic heterocycles. The van der Waals surface area contributed by atoms with E-state index in [0.717, 1.165) is 50.9 Å². The number of carbonyl (C=O) groups is 1. The minimum Gasteiger partial charge on any atom is -0.465 e. The van der Waals surface area contributed by atoms with Crippen molar-refractivity contribution in [3.63, 3.8) is 0 Å². The number of anilines is 3. The van der Waals surface area contributed by atoms with E-state index in [4.69, 9.17) is 9.47 Å². The van der Waals surface area contributed by atoms with Crippen LogP contribution < -0.4 is 10.6 Å². The average molecular weight is 371 g/mol. The van der Waals surface area contributed by atoms with Crippen molar-refractivity contribution in [2.75, 3.05) is 57.1 Å². The second-order valence-corrected chi connectivity index (χ2v) is 6.26.